The SMILES string of the molecule is Cc1cc(S(=O)(=O)NCC(C)Oc2ccccc2)ccc1Br. The standard InChI is InChI=1S/C16H18BrNO3S/c1-12-10-15(8-9-16(12)17)22(19,20)18-11-13(2)21-14-6-4-3-5-7-14/h3-10,13,18H,11H2,1-2H3. The zero-order valence-corrected chi connectivity index (χ0v) is 14.8. The van der Waals surface area contributed by atoms with Gasteiger partial charge in [-0.2, -0.15) is 0 Å². The predicted molar refractivity (Wildman–Crippen MR) is 90.6 cm³/mol. The molecule has 0 spiro atoms. The molecule has 1 N–H and O–H groups in total. The van der Waals surface area contributed by atoms with E-state index < -0.39 is 10.0 Å². The third-order valence-corrected chi connectivity index (χ3v) is 5.39. The molecule has 0 heterocycles. The summed E-state index contributed by atoms with van der Waals surface area (Å²) in [6.45, 7) is 3.87. The van der Waals surface area contributed by atoms with Gasteiger partial charge in [0.15, 0.2) is 0 Å². The van der Waals surface area contributed by atoms with Gasteiger partial charge < -0.3 is 4.74 Å². The molecule has 1 atom stereocenters. The van der Waals surface area contributed by atoms with Crippen LogP contribution in [0.2, 0.25) is 0 Å². The van der Waals surface area contributed by atoms with Crippen molar-refractivity contribution < 1.29 is 13.2 Å². The van der Waals surface area contributed by atoms with Crippen LogP contribution in [-0.2, 0) is 10.0 Å². The quantitative estimate of drug-likeness (QED) is 0.830. The van der Waals surface area contributed by atoms with Gasteiger partial charge in [0.1, 0.15) is 11.9 Å². The van der Waals surface area contributed by atoms with Gasteiger partial charge in [0.2, 0.25) is 10.0 Å². The third-order valence-electron chi connectivity index (χ3n) is 3.08. The monoisotopic (exact) mass is 383 g/mol. The minimum Gasteiger partial charge on any atom is -0.489 e. The van der Waals surface area contributed by atoms with E-state index in [0.717, 1.165) is 10.0 Å². The number of rotatable bonds is 6. The first-order valence-electron chi connectivity index (χ1n) is 6.86. The van der Waals surface area contributed by atoms with Crippen molar-refractivity contribution in [2.24, 2.45) is 0 Å². The molecule has 0 aliphatic carbocycles. The van der Waals surface area contributed by atoms with Crippen molar-refractivity contribution in [2.75, 3.05) is 6.54 Å². The number of halogens is 1. The number of hydrogen-bond donors (Lipinski definition) is 1. The Hall–Kier alpha value is -1.37. The van der Waals surface area contributed by atoms with Crippen molar-refractivity contribution in [3.8, 4) is 5.75 Å². The molecule has 2 aromatic carbocycles. The van der Waals surface area contributed by atoms with Gasteiger partial charge in [0, 0.05) is 11.0 Å². The highest BCUT2D eigenvalue weighted by Gasteiger charge is 2.16. The van der Waals surface area contributed by atoms with Gasteiger partial charge in [-0.3, -0.25) is 0 Å². The summed E-state index contributed by atoms with van der Waals surface area (Å²) in [5.74, 6) is 0.716. The highest BCUT2D eigenvalue weighted by atomic mass is 79.9. The Morgan fingerprint density at radius 3 is 2.50 bits per heavy atom. The van der Waals surface area contributed by atoms with Crippen LogP contribution in [-0.4, -0.2) is 21.1 Å². The molecule has 2 rings (SSSR count). The number of sulfonamides is 1. The van der Waals surface area contributed by atoms with Gasteiger partial charge >= 0.3 is 0 Å². The Labute approximate surface area is 139 Å². The number of aryl methyl sites for hydroxylation is 1. The number of ether oxygens (including phenoxy) is 1. The molecule has 2 aromatic rings. The average Bonchev–Trinajstić information content (AvgIpc) is 2.49. The predicted octanol–water partition coefficient (Wildman–Crippen LogP) is 3.50. The van der Waals surface area contributed by atoms with Crippen LogP contribution in [0, 0.1) is 6.92 Å². The Balaban J connectivity index is 1.98. The smallest absolute Gasteiger partial charge is 0.240 e. The Morgan fingerprint density at radius 2 is 1.86 bits per heavy atom. The van der Waals surface area contributed by atoms with Crippen LogP contribution in [0.25, 0.3) is 0 Å². The second-order valence-corrected chi connectivity index (χ2v) is 7.63. The van der Waals surface area contributed by atoms with Crippen LogP contribution >= 0.6 is 15.9 Å². The first kappa shape index (κ1) is 17.0. The fraction of sp³-hybridized carbons (Fsp3) is 0.250. The molecule has 118 valence electrons. The number of nitrogens with one attached hydrogen (secondary N) is 1. The molecular formula is C16H18BrNO3S. The summed E-state index contributed by atoms with van der Waals surface area (Å²) >= 11 is 3.36. The van der Waals surface area contributed by atoms with Crippen molar-refractivity contribution in [3.63, 3.8) is 0 Å². The molecule has 0 radical (unpaired) electrons. The fourth-order valence-corrected chi connectivity index (χ4v) is 3.31. The minimum absolute atomic E-state index is 0.201. The molecule has 0 saturated heterocycles. The summed E-state index contributed by atoms with van der Waals surface area (Å²) in [5.41, 5.74) is 0.872. The molecule has 6 heteroatoms. The van der Waals surface area contributed by atoms with Gasteiger partial charge in [-0.05, 0) is 49.7 Å². The lowest BCUT2D eigenvalue weighted by Crippen LogP contribution is -2.33. The zero-order chi connectivity index (χ0) is 16.2. The number of hydrogen-bond acceptors (Lipinski definition) is 3. The van der Waals surface area contributed by atoms with Gasteiger partial charge in [-0.15, -0.1) is 0 Å². The van der Waals surface area contributed by atoms with E-state index in [0.29, 0.717) is 5.75 Å². The van der Waals surface area contributed by atoms with E-state index in [1.807, 2.05) is 44.2 Å². The second-order valence-electron chi connectivity index (χ2n) is 5.00. The molecule has 0 saturated carbocycles. The fourth-order valence-electron chi connectivity index (χ4n) is 1.87. The van der Waals surface area contributed by atoms with E-state index >= 15 is 0 Å². The largest absolute Gasteiger partial charge is 0.489 e. The molecule has 0 aromatic heterocycles. The Bertz CT molecular complexity index is 732. The van der Waals surface area contributed by atoms with Crippen LogP contribution in [0.3, 0.4) is 0 Å². The van der Waals surface area contributed by atoms with Crippen molar-refractivity contribution in [2.45, 2.75) is 24.8 Å². The van der Waals surface area contributed by atoms with E-state index in [2.05, 4.69) is 20.7 Å². The highest BCUT2D eigenvalue weighted by molar-refractivity contribution is 9.10. The maximum atomic E-state index is 12.3. The molecule has 22 heavy (non-hydrogen) atoms. The zero-order valence-electron chi connectivity index (χ0n) is 12.4. The summed E-state index contributed by atoms with van der Waals surface area (Å²) in [6.07, 6.45) is -0.270. The van der Waals surface area contributed by atoms with E-state index in [1.54, 1.807) is 18.2 Å². The molecule has 4 nitrogen and oxygen atoms in total. The van der Waals surface area contributed by atoms with Gasteiger partial charge in [0.25, 0.3) is 0 Å². The average molecular weight is 384 g/mol. The van der Waals surface area contributed by atoms with E-state index in [9.17, 15) is 8.42 Å². The normalized spacial score (nSPS) is 12.9. The summed E-state index contributed by atoms with van der Waals surface area (Å²) in [4.78, 5) is 0.250. The van der Waals surface area contributed by atoms with Crippen LogP contribution in [0.5, 0.6) is 5.75 Å². The maximum absolute atomic E-state index is 12.3. The van der Waals surface area contributed by atoms with Crippen LogP contribution < -0.4 is 9.46 Å². The van der Waals surface area contributed by atoms with Gasteiger partial charge in [-0.1, -0.05) is 34.1 Å². The Morgan fingerprint density at radius 1 is 1.18 bits per heavy atom. The first-order valence-corrected chi connectivity index (χ1v) is 9.13. The molecule has 0 aliphatic heterocycles. The lowest BCUT2D eigenvalue weighted by molar-refractivity contribution is 0.225. The van der Waals surface area contributed by atoms with Crippen LogP contribution in [0.1, 0.15) is 12.5 Å². The highest BCUT2D eigenvalue weighted by Crippen LogP contribution is 2.20. The van der Waals surface area contributed by atoms with E-state index in [-0.39, 0.29) is 17.5 Å². The van der Waals surface area contributed by atoms with Crippen molar-refractivity contribution in [1.82, 2.24) is 4.72 Å². The molecule has 1 unspecified atom stereocenters. The maximum Gasteiger partial charge on any atom is 0.240 e. The first-order chi connectivity index (χ1) is 10.4. The van der Waals surface area contributed by atoms with Gasteiger partial charge in [-0.25, -0.2) is 13.1 Å². The summed E-state index contributed by atoms with van der Waals surface area (Å²) in [7, 11) is -3.54. The lowest BCUT2D eigenvalue weighted by Gasteiger charge is -2.15. The van der Waals surface area contributed by atoms with Crippen LogP contribution in [0.15, 0.2) is 57.9 Å². The summed E-state index contributed by atoms with van der Waals surface area (Å²) < 4.78 is 33.7. The molecule has 0 amide bonds. The molecule has 0 aliphatic rings. The lowest BCUT2D eigenvalue weighted by atomic mass is 10.2. The van der Waals surface area contributed by atoms with Crippen molar-refractivity contribution >= 4 is 26.0 Å². The third kappa shape index (κ3) is 4.56. The van der Waals surface area contributed by atoms with E-state index in [4.69, 9.17) is 4.74 Å². The number of benzene rings is 2. The van der Waals surface area contributed by atoms with Crippen molar-refractivity contribution in [3.05, 3.63) is 58.6 Å². The molecule has 0 fully saturated rings. The van der Waals surface area contributed by atoms with Crippen LogP contribution in [0.4, 0.5) is 0 Å². The molecular weight excluding hydrogens is 366 g/mol. The van der Waals surface area contributed by atoms with E-state index in [1.165, 1.54) is 0 Å². The topological polar surface area (TPSA) is 55.4 Å². The second kappa shape index (κ2) is 7.26. The summed E-state index contributed by atoms with van der Waals surface area (Å²) in [5, 5.41) is 0. The number of para-hydroxylation sites is 1. The van der Waals surface area contributed by atoms with Gasteiger partial charge in [0.05, 0.1) is 4.90 Å². The minimum atomic E-state index is -3.54. The Kier molecular flexibility index (Phi) is 5.61. The summed E-state index contributed by atoms with van der Waals surface area (Å²) in [6, 6.07) is 14.3. The van der Waals surface area contributed by atoms with Crippen molar-refractivity contribution in [1.29, 1.82) is 0 Å². The molecule has 0 bridgehead atoms.